The fourth-order valence-corrected chi connectivity index (χ4v) is 2.72. The van der Waals surface area contributed by atoms with E-state index >= 15 is 0 Å². The van der Waals surface area contributed by atoms with Crippen molar-refractivity contribution in [2.45, 2.75) is 45.1 Å². The molecule has 2 aliphatic rings. The van der Waals surface area contributed by atoms with Gasteiger partial charge in [0.25, 0.3) is 0 Å². The van der Waals surface area contributed by atoms with Crippen LogP contribution < -0.4 is 5.32 Å². The smallest absolute Gasteiger partial charge is 0.136 e. The van der Waals surface area contributed by atoms with Crippen molar-refractivity contribution in [2.75, 3.05) is 13.1 Å². The molecule has 0 radical (unpaired) electrons. The van der Waals surface area contributed by atoms with Gasteiger partial charge >= 0.3 is 0 Å². The number of aryl methyl sites for hydroxylation is 1. The highest BCUT2D eigenvalue weighted by Gasteiger charge is 2.29. The summed E-state index contributed by atoms with van der Waals surface area (Å²) >= 11 is 0. The predicted octanol–water partition coefficient (Wildman–Crippen LogP) is 1.33. The molecule has 0 aliphatic carbocycles. The highest BCUT2D eigenvalue weighted by atomic mass is 15.3. The number of nitrogens with zero attached hydrogens (tertiary/aromatic N) is 3. The highest BCUT2D eigenvalue weighted by molar-refractivity contribution is 5.06. The maximum Gasteiger partial charge on any atom is 0.136 e. The number of fused-ring (bicyclic) bond motifs is 1. The first-order chi connectivity index (χ1) is 7.86. The van der Waals surface area contributed by atoms with Gasteiger partial charge in [-0.2, -0.15) is 0 Å². The molecule has 3 heterocycles. The molecule has 4 heteroatoms. The Balaban J connectivity index is 1.86. The molecular formula is C12H20N4. The number of hydrogen-bond donors (Lipinski definition) is 1. The van der Waals surface area contributed by atoms with Crippen molar-refractivity contribution in [1.29, 1.82) is 0 Å². The molecule has 0 spiro atoms. The number of nitrogens with one attached hydrogen (secondary N) is 1. The predicted molar refractivity (Wildman–Crippen MR) is 62.4 cm³/mol. The maximum atomic E-state index is 4.43. The minimum atomic E-state index is 0.556. The van der Waals surface area contributed by atoms with Crippen molar-refractivity contribution < 1.29 is 0 Å². The van der Waals surface area contributed by atoms with Crippen molar-refractivity contribution in [1.82, 2.24) is 20.1 Å². The van der Waals surface area contributed by atoms with Crippen LogP contribution in [0.4, 0.5) is 0 Å². The van der Waals surface area contributed by atoms with Crippen LogP contribution in [0.15, 0.2) is 0 Å². The number of hydrogen-bond acceptors (Lipinski definition) is 3. The Morgan fingerprint density at radius 3 is 2.88 bits per heavy atom. The van der Waals surface area contributed by atoms with Crippen LogP contribution in [-0.4, -0.2) is 27.9 Å². The molecular weight excluding hydrogens is 200 g/mol. The molecule has 1 aromatic rings. The van der Waals surface area contributed by atoms with E-state index in [2.05, 4.69) is 27.0 Å². The Kier molecular flexibility index (Phi) is 2.67. The topological polar surface area (TPSA) is 42.7 Å². The van der Waals surface area contributed by atoms with Crippen molar-refractivity contribution >= 4 is 0 Å². The lowest BCUT2D eigenvalue weighted by Crippen LogP contribution is -2.45. The van der Waals surface area contributed by atoms with E-state index in [4.69, 9.17) is 0 Å². The van der Waals surface area contributed by atoms with Crippen molar-refractivity contribution in [3.05, 3.63) is 11.6 Å². The summed E-state index contributed by atoms with van der Waals surface area (Å²) in [7, 11) is 0. The van der Waals surface area contributed by atoms with Gasteiger partial charge in [-0.25, -0.2) is 0 Å². The molecule has 0 amide bonds. The Morgan fingerprint density at radius 1 is 1.25 bits per heavy atom. The van der Waals surface area contributed by atoms with Crippen LogP contribution in [0, 0.1) is 5.92 Å². The molecule has 16 heavy (non-hydrogen) atoms. The van der Waals surface area contributed by atoms with Crippen LogP contribution in [-0.2, 0) is 13.0 Å². The molecule has 1 atom stereocenters. The minimum Gasteiger partial charge on any atom is -0.316 e. The first-order valence-corrected chi connectivity index (χ1v) is 6.49. The average molecular weight is 220 g/mol. The van der Waals surface area contributed by atoms with Crippen LogP contribution in [0.1, 0.15) is 43.8 Å². The van der Waals surface area contributed by atoms with Crippen molar-refractivity contribution in [2.24, 2.45) is 5.92 Å². The highest BCUT2D eigenvalue weighted by Crippen LogP contribution is 2.27. The molecule has 0 saturated carbocycles. The number of aromatic nitrogens is 3. The lowest BCUT2D eigenvalue weighted by Gasteiger charge is -2.32. The molecule has 1 fully saturated rings. The van der Waals surface area contributed by atoms with E-state index in [9.17, 15) is 0 Å². The Labute approximate surface area is 96.4 Å². The van der Waals surface area contributed by atoms with Crippen molar-refractivity contribution in [3.8, 4) is 0 Å². The Morgan fingerprint density at radius 2 is 2.12 bits per heavy atom. The zero-order valence-corrected chi connectivity index (χ0v) is 9.95. The van der Waals surface area contributed by atoms with Gasteiger partial charge in [-0.05, 0) is 31.8 Å². The first-order valence-electron chi connectivity index (χ1n) is 6.49. The second-order valence-electron chi connectivity index (χ2n) is 5.14. The van der Waals surface area contributed by atoms with Crippen molar-refractivity contribution in [3.63, 3.8) is 0 Å². The summed E-state index contributed by atoms with van der Waals surface area (Å²) in [6.45, 7) is 5.71. The SMILES string of the molecule is CC(c1nnc2n1CCCCC2)C1CNC1. The minimum absolute atomic E-state index is 0.556. The van der Waals surface area contributed by atoms with Crippen LogP contribution in [0.5, 0.6) is 0 Å². The van der Waals surface area contributed by atoms with Gasteiger partial charge in [0.2, 0.25) is 0 Å². The molecule has 2 aliphatic heterocycles. The van der Waals surface area contributed by atoms with E-state index in [0.29, 0.717) is 5.92 Å². The fraction of sp³-hybridized carbons (Fsp3) is 0.833. The van der Waals surface area contributed by atoms with Crippen LogP contribution in [0.25, 0.3) is 0 Å². The lowest BCUT2D eigenvalue weighted by atomic mass is 9.88. The Bertz CT molecular complexity index is 367. The van der Waals surface area contributed by atoms with Gasteiger partial charge < -0.3 is 9.88 Å². The van der Waals surface area contributed by atoms with Gasteiger partial charge in [0, 0.05) is 18.9 Å². The largest absolute Gasteiger partial charge is 0.316 e. The molecule has 0 bridgehead atoms. The molecule has 88 valence electrons. The average Bonchev–Trinajstić information content (AvgIpc) is 2.45. The maximum absolute atomic E-state index is 4.43. The number of rotatable bonds is 2. The van der Waals surface area contributed by atoms with Gasteiger partial charge in [-0.1, -0.05) is 13.3 Å². The normalized spacial score (nSPS) is 23.3. The third-order valence-electron chi connectivity index (χ3n) is 4.07. The van der Waals surface area contributed by atoms with Gasteiger partial charge in [0.1, 0.15) is 11.6 Å². The van der Waals surface area contributed by atoms with E-state index < -0.39 is 0 Å². The van der Waals surface area contributed by atoms with E-state index in [1.54, 1.807) is 0 Å². The van der Waals surface area contributed by atoms with E-state index in [1.807, 2.05) is 0 Å². The second-order valence-corrected chi connectivity index (χ2v) is 5.14. The molecule has 0 aromatic carbocycles. The second kappa shape index (κ2) is 4.17. The van der Waals surface area contributed by atoms with Crippen LogP contribution in [0.3, 0.4) is 0 Å². The molecule has 1 N–H and O–H groups in total. The summed E-state index contributed by atoms with van der Waals surface area (Å²) in [5.74, 6) is 3.76. The van der Waals surface area contributed by atoms with Gasteiger partial charge in [-0.3, -0.25) is 0 Å². The summed E-state index contributed by atoms with van der Waals surface area (Å²) in [4.78, 5) is 0. The van der Waals surface area contributed by atoms with Crippen LogP contribution >= 0.6 is 0 Å². The molecule has 1 unspecified atom stereocenters. The summed E-state index contributed by atoms with van der Waals surface area (Å²) < 4.78 is 2.38. The first kappa shape index (κ1) is 10.3. The summed E-state index contributed by atoms with van der Waals surface area (Å²) in [5, 5.41) is 12.1. The zero-order chi connectivity index (χ0) is 11.0. The summed E-state index contributed by atoms with van der Waals surface area (Å²) in [6.07, 6.45) is 5.01. The van der Waals surface area contributed by atoms with E-state index in [0.717, 1.165) is 32.0 Å². The van der Waals surface area contributed by atoms with Gasteiger partial charge in [-0.15, -0.1) is 10.2 Å². The van der Waals surface area contributed by atoms with Gasteiger partial charge in [0.15, 0.2) is 0 Å². The fourth-order valence-electron chi connectivity index (χ4n) is 2.72. The third kappa shape index (κ3) is 1.65. The van der Waals surface area contributed by atoms with Crippen LogP contribution in [0.2, 0.25) is 0 Å². The Hall–Kier alpha value is -0.900. The standard InChI is InChI=1S/C12H20N4/c1-9(10-7-13-8-10)12-15-14-11-5-3-2-4-6-16(11)12/h9-10,13H,2-8H2,1H3. The lowest BCUT2D eigenvalue weighted by molar-refractivity contribution is 0.290. The summed E-state index contributed by atoms with van der Waals surface area (Å²) in [6, 6.07) is 0. The molecule has 4 nitrogen and oxygen atoms in total. The monoisotopic (exact) mass is 220 g/mol. The van der Waals surface area contributed by atoms with E-state index in [1.165, 1.54) is 30.9 Å². The van der Waals surface area contributed by atoms with Gasteiger partial charge in [0.05, 0.1) is 0 Å². The van der Waals surface area contributed by atoms with E-state index in [-0.39, 0.29) is 0 Å². The molecule has 3 rings (SSSR count). The summed E-state index contributed by atoms with van der Waals surface area (Å²) in [5.41, 5.74) is 0. The zero-order valence-electron chi connectivity index (χ0n) is 9.95. The molecule has 1 aromatic heterocycles. The third-order valence-corrected chi connectivity index (χ3v) is 4.07. The molecule has 1 saturated heterocycles. The quantitative estimate of drug-likeness (QED) is 0.817.